The predicted octanol–water partition coefficient (Wildman–Crippen LogP) is -0.139. The van der Waals surface area contributed by atoms with Crippen molar-refractivity contribution in [3.8, 4) is 0 Å². The molecule has 0 aromatic heterocycles. The number of ether oxygens (including phenoxy) is 3. The van der Waals surface area contributed by atoms with Crippen LogP contribution in [0.2, 0.25) is 0 Å². The van der Waals surface area contributed by atoms with Crippen LogP contribution in [0.25, 0.3) is 0 Å². The summed E-state index contributed by atoms with van der Waals surface area (Å²) in [6, 6.07) is 0. The molecule has 7 nitrogen and oxygen atoms in total. The SMILES string of the molecule is CC(=O)OCCCOCCOCCS(=O)(=O)O. The molecule has 0 fully saturated rings. The van der Waals surface area contributed by atoms with Crippen LogP contribution < -0.4 is 0 Å². The van der Waals surface area contributed by atoms with E-state index in [1.165, 1.54) is 6.92 Å². The van der Waals surface area contributed by atoms with Gasteiger partial charge >= 0.3 is 5.97 Å². The summed E-state index contributed by atoms with van der Waals surface area (Å²) in [6.45, 7) is 2.61. The third-order valence-corrected chi connectivity index (χ3v) is 2.28. The molecule has 0 aromatic carbocycles. The first kappa shape index (κ1) is 16.3. The van der Waals surface area contributed by atoms with Crippen LogP contribution in [-0.2, 0) is 29.1 Å². The van der Waals surface area contributed by atoms with Crippen molar-refractivity contribution in [1.29, 1.82) is 0 Å². The number of esters is 1. The van der Waals surface area contributed by atoms with Crippen molar-refractivity contribution >= 4 is 16.1 Å². The molecule has 8 heteroatoms. The first-order valence-electron chi connectivity index (χ1n) is 5.16. The van der Waals surface area contributed by atoms with E-state index in [1.54, 1.807) is 0 Å². The van der Waals surface area contributed by atoms with Crippen molar-refractivity contribution in [2.45, 2.75) is 13.3 Å². The highest BCUT2D eigenvalue weighted by molar-refractivity contribution is 7.85. The molecule has 0 unspecified atom stereocenters. The molecule has 0 bridgehead atoms. The maximum atomic E-state index is 10.4. The zero-order valence-corrected chi connectivity index (χ0v) is 10.6. The summed E-state index contributed by atoms with van der Waals surface area (Å²) < 4.78 is 43.7. The van der Waals surface area contributed by atoms with Crippen molar-refractivity contribution in [1.82, 2.24) is 0 Å². The van der Waals surface area contributed by atoms with Gasteiger partial charge in [-0.2, -0.15) is 8.42 Å². The van der Waals surface area contributed by atoms with Gasteiger partial charge in [0.25, 0.3) is 10.1 Å². The average molecular weight is 270 g/mol. The molecular formula is C9H18O7S. The largest absolute Gasteiger partial charge is 0.466 e. The highest BCUT2D eigenvalue weighted by Crippen LogP contribution is 1.88. The molecule has 0 aliphatic carbocycles. The number of carbonyl (C=O) groups excluding carboxylic acids is 1. The molecule has 0 atom stereocenters. The molecule has 0 saturated heterocycles. The molecule has 0 spiro atoms. The second kappa shape index (κ2) is 9.34. The smallest absolute Gasteiger partial charge is 0.302 e. The molecular weight excluding hydrogens is 252 g/mol. The minimum absolute atomic E-state index is 0.0599. The zero-order chi connectivity index (χ0) is 13.1. The standard InChI is InChI=1S/C9H18O7S/c1-9(10)16-4-2-3-14-5-6-15-7-8-17(11,12)13/h2-8H2,1H3,(H,11,12,13). The lowest BCUT2D eigenvalue weighted by Crippen LogP contribution is -2.14. The van der Waals surface area contributed by atoms with Gasteiger partial charge in [-0.3, -0.25) is 9.35 Å². The fourth-order valence-electron chi connectivity index (χ4n) is 0.863. The molecule has 0 heterocycles. The summed E-state index contributed by atoms with van der Waals surface area (Å²) in [5, 5.41) is 0. The van der Waals surface area contributed by atoms with Gasteiger partial charge in [0.15, 0.2) is 0 Å². The Labute approximate surface area is 101 Å². The van der Waals surface area contributed by atoms with Gasteiger partial charge in [0.05, 0.1) is 32.2 Å². The highest BCUT2D eigenvalue weighted by atomic mass is 32.2. The van der Waals surface area contributed by atoms with Crippen molar-refractivity contribution in [2.75, 3.05) is 38.8 Å². The summed E-state index contributed by atoms with van der Waals surface area (Å²) >= 11 is 0. The van der Waals surface area contributed by atoms with Crippen molar-refractivity contribution in [3.63, 3.8) is 0 Å². The van der Waals surface area contributed by atoms with Crippen LogP contribution in [0.3, 0.4) is 0 Å². The predicted molar refractivity (Wildman–Crippen MR) is 59.3 cm³/mol. The van der Waals surface area contributed by atoms with E-state index < -0.39 is 15.9 Å². The molecule has 0 rings (SSSR count). The van der Waals surface area contributed by atoms with E-state index in [-0.39, 0.29) is 19.2 Å². The van der Waals surface area contributed by atoms with E-state index in [1.807, 2.05) is 0 Å². The number of carbonyl (C=O) groups is 1. The van der Waals surface area contributed by atoms with E-state index in [4.69, 9.17) is 14.0 Å². The minimum Gasteiger partial charge on any atom is -0.466 e. The zero-order valence-electron chi connectivity index (χ0n) is 9.75. The second-order valence-corrected chi connectivity index (χ2v) is 4.78. The maximum Gasteiger partial charge on any atom is 0.302 e. The van der Waals surface area contributed by atoms with Crippen LogP contribution in [0, 0.1) is 0 Å². The lowest BCUT2D eigenvalue weighted by Gasteiger charge is -2.05. The summed E-state index contributed by atoms with van der Waals surface area (Å²) in [5.41, 5.74) is 0. The summed E-state index contributed by atoms with van der Waals surface area (Å²) in [4.78, 5) is 10.4. The summed E-state index contributed by atoms with van der Waals surface area (Å²) in [5.74, 6) is -0.738. The van der Waals surface area contributed by atoms with E-state index in [9.17, 15) is 13.2 Å². The van der Waals surface area contributed by atoms with Gasteiger partial charge in [0, 0.05) is 20.0 Å². The number of hydrogen-bond acceptors (Lipinski definition) is 6. The van der Waals surface area contributed by atoms with Crippen molar-refractivity contribution in [3.05, 3.63) is 0 Å². The Hall–Kier alpha value is -0.700. The van der Waals surface area contributed by atoms with Gasteiger partial charge in [-0.15, -0.1) is 0 Å². The molecule has 1 N–H and O–H groups in total. The number of rotatable bonds is 10. The molecule has 0 aliphatic rings. The summed E-state index contributed by atoms with van der Waals surface area (Å²) in [6.07, 6.45) is 0.602. The molecule has 0 saturated carbocycles. The Morgan fingerprint density at radius 3 is 2.18 bits per heavy atom. The van der Waals surface area contributed by atoms with Crippen LogP contribution in [0.4, 0.5) is 0 Å². The van der Waals surface area contributed by atoms with Gasteiger partial charge in [-0.05, 0) is 0 Å². The van der Waals surface area contributed by atoms with Crippen LogP contribution in [-0.4, -0.2) is 57.7 Å². The normalized spacial score (nSPS) is 11.4. The van der Waals surface area contributed by atoms with Gasteiger partial charge < -0.3 is 14.2 Å². The van der Waals surface area contributed by atoms with Crippen molar-refractivity contribution < 1.29 is 32.0 Å². The lowest BCUT2D eigenvalue weighted by atomic mass is 10.5. The third kappa shape index (κ3) is 15.3. The van der Waals surface area contributed by atoms with Crippen molar-refractivity contribution in [2.24, 2.45) is 0 Å². The van der Waals surface area contributed by atoms with E-state index in [0.29, 0.717) is 26.2 Å². The van der Waals surface area contributed by atoms with Gasteiger partial charge in [0.2, 0.25) is 0 Å². The maximum absolute atomic E-state index is 10.4. The molecule has 0 aromatic rings. The monoisotopic (exact) mass is 270 g/mol. The Morgan fingerprint density at radius 1 is 1.06 bits per heavy atom. The Kier molecular flexibility index (Phi) is 8.96. The fourth-order valence-corrected chi connectivity index (χ4v) is 1.19. The van der Waals surface area contributed by atoms with Gasteiger partial charge in [-0.1, -0.05) is 0 Å². The Morgan fingerprint density at radius 2 is 1.65 bits per heavy atom. The van der Waals surface area contributed by atoms with Gasteiger partial charge in [0.1, 0.15) is 0 Å². The molecule has 0 aliphatic heterocycles. The third-order valence-electron chi connectivity index (χ3n) is 1.60. The van der Waals surface area contributed by atoms with Crippen LogP contribution in [0.5, 0.6) is 0 Å². The molecule has 0 amide bonds. The quantitative estimate of drug-likeness (QED) is 0.335. The second-order valence-electron chi connectivity index (χ2n) is 3.20. The van der Waals surface area contributed by atoms with E-state index in [0.717, 1.165) is 0 Å². The number of hydrogen-bond donors (Lipinski definition) is 1. The minimum atomic E-state index is -3.95. The molecule has 0 radical (unpaired) electrons. The average Bonchev–Trinajstić information content (AvgIpc) is 2.18. The topological polar surface area (TPSA) is 99.1 Å². The first-order valence-corrected chi connectivity index (χ1v) is 6.77. The van der Waals surface area contributed by atoms with Gasteiger partial charge in [-0.25, -0.2) is 0 Å². The Bertz CT molecular complexity index is 298. The summed E-state index contributed by atoms with van der Waals surface area (Å²) in [7, 11) is -3.95. The first-order chi connectivity index (χ1) is 7.92. The van der Waals surface area contributed by atoms with Crippen LogP contribution >= 0.6 is 0 Å². The van der Waals surface area contributed by atoms with E-state index in [2.05, 4.69) is 4.74 Å². The highest BCUT2D eigenvalue weighted by Gasteiger charge is 2.03. The molecule has 17 heavy (non-hydrogen) atoms. The van der Waals surface area contributed by atoms with E-state index >= 15 is 0 Å². The van der Waals surface area contributed by atoms with Crippen LogP contribution in [0.15, 0.2) is 0 Å². The Balaban J connectivity index is 3.11. The lowest BCUT2D eigenvalue weighted by molar-refractivity contribution is -0.141. The fraction of sp³-hybridized carbons (Fsp3) is 0.889. The van der Waals surface area contributed by atoms with Crippen LogP contribution in [0.1, 0.15) is 13.3 Å². The molecule has 102 valence electrons.